The van der Waals surface area contributed by atoms with E-state index in [2.05, 4.69) is 0 Å². The number of rotatable bonds is 17. The van der Waals surface area contributed by atoms with Gasteiger partial charge in [0.2, 0.25) is 0 Å². The molecule has 0 radical (unpaired) electrons. The Kier molecular flexibility index (Phi) is 25.9. The van der Waals surface area contributed by atoms with Crippen LogP contribution in [0.4, 0.5) is 0 Å². The maximum Gasteiger partial charge on any atom is 0.510 e. The predicted octanol–water partition coefficient (Wildman–Crippen LogP) is -0.224. The van der Waals surface area contributed by atoms with Crippen molar-refractivity contribution in [2.24, 2.45) is 17.2 Å². The Morgan fingerprint density at radius 2 is 1.00 bits per heavy atom. The summed E-state index contributed by atoms with van der Waals surface area (Å²) in [5.74, 6) is 0. The molecular formula is C18H51N3O9Si3. The summed E-state index contributed by atoms with van der Waals surface area (Å²) in [6.45, 7) is 10.8. The van der Waals surface area contributed by atoms with Crippen molar-refractivity contribution in [3.05, 3.63) is 0 Å². The van der Waals surface area contributed by atoms with Crippen LogP contribution in [-0.2, 0) is 26.6 Å². The summed E-state index contributed by atoms with van der Waals surface area (Å²) in [5.41, 5.74) is 15.1. The fourth-order valence-electron chi connectivity index (χ4n) is 2.47. The summed E-state index contributed by atoms with van der Waals surface area (Å²) in [4.78, 5) is 25.2. The molecule has 1 unspecified atom stereocenters. The van der Waals surface area contributed by atoms with Crippen LogP contribution >= 0.6 is 0 Å². The van der Waals surface area contributed by atoms with Gasteiger partial charge in [-0.15, -0.1) is 0 Å². The molecule has 33 heavy (non-hydrogen) atoms. The van der Waals surface area contributed by atoms with Gasteiger partial charge in [0.1, 0.15) is 0 Å². The van der Waals surface area contributed by atoms with Gasteiger partial charge in [-0.05, 0) is 53.1 Å². The van der Waals surface area contributed by atoms with Gasteiger partial charge >= 0.3 is 26.4 Å². The molecule has 0 aromatic heterocycles. The lowest BCUT2D eigenvalue weighted by Gasteiger charge is -2.28. The Labute approximate surface area is 203 Å². The van der Waals surface area contributed by atoms with Crippen molar-refractivity contribution in [2.45, 2.75) is 64.7 Å². The quantitative estimate of drug-likeness (QED) is 0.134. The molecule has 0 bridgehead atoms. The first-order chi connectivity index (χ1) is 15.5. The van der Waals surface area contributed by atoms with Gasteiger partial charge in [0.25, 0.3) is 0 Å². The Morgan fingerprint density at radius 3 is 1.18 bits per heavy atom. The summed E-state index contributed by atoms with van der Waals surface area (Å²) >= 11 is 0. The van der Waals surface area contributed by atoms with Gasteiger partial charge in [0, 0.05) is 53.2 Å². The number of hydrogen-bond donors (Lipinski definition) is 6. The van der Waals surface area contributed by atoms with Crippen molar-refractivity contribution < 1.29 is 40.9 Å². The van der Waals surface area contributed by atoms with Crippen LogP contribution in [0, 0.1) is 0 Å². The second-order valence-electron chi connectivity index (χ2n) is 6.76. The second-order valence-corrected chi connectivity index (χ2v) is 14.7. The van der Waals surface area contributed by atoms with Gasteiger partial charge in [0.15, 0.2) is 0 Å². The Bertz CT molecular complexity index is 396. The Hall–Kier alpha value is 0.171. The molecule has 1 atom stereocenters. The van der Waals surface area contributed by atoms with E-state index < -0.39 is 32.1 Å². The minimum Gasteiger partial charge on any atom is -0.389 e. The van der Waals surface area contributed by atoms with Crippen LogP contribution in [0.2, 0.25) is 12.1 Å². The number of hydrogen-bond acceptors (Lipinski definition) is 12. The molecule has 0 rings (SSSR count). The summed E-state index contributed by atoms with van der Waals surface area (Å²) in [6, 6.07) is 1.60. The SMILES string of the molecule is CCC(N)[Si](O)(O)O.CCO[Si](CCCN)(OCC)OCC.CO[Si](CCCN)(OC)OC. The van der Waals surface area contributed by atoms with Crippen LogP contribution in [0.3, 0.4) is 0 Å². The maximum atomic E-state index is 8.41. The minimum atomic E-state index is -3.98. The first kappa shape index (κ1) is 37.7. The van der Waals surface area contributed by atoms with Crippen LogP contribution in [0.15, 0.2) is 0 Å². The molecule has 0 fully saturated rings. The van der Waals surface area contributed by atoms with Crippen molar-refractivity contribution in [2.75, 3.05) is 54.2 Å². The molecule has 0 aliphatic heterocycles. The van der Waals surface area contributed by atoms with E-state index in [0.717, 1.165) is 24.9 Å². The molecule has 0 spiro atoms. The molecule has 0 aromatic carbocycles. The fraction of sp³-hybridized carbons (Fsp3) is 1.00. The van der Waals surface area contributed by atoms with E-state index in [9.17, 15) is 0 Å². The van der Waals surface area contributed by atoms with E-state index in [4.69, 9.17) is 58.1 Å². The molecule has 15 heteroatoms. The lowest BCUT2D eigenvalue weighted by atomic mass is 10.5. The van der Waals surface area contributed by atoms with E-state index >= 15 is 0 Å². The van der Waals surface area contributed by atoms with E-state index in [1.165, 1.54) is 0 Å². The van der Waals surface area contributed by atoms with Crippen molar-refractivity contribution in [1.82, 2.24) is 0 Å². The predicted molar refractivity (Wildman–Crippen MR) is 135 cm³/mol. The highest BCUT2D eigenvalue weighted by Crippen LogP contribution is 2.17. The van der Waals surface area contributed by atoms with E-state index in [-0.39, 0.29) is 0 Å². The highest BCUT2D eigenvalue weighted by molar-refractivity contribution is 6.61. The summed E-state index contributed by atoms with van der Waals surface area (Å²) in [5, 5.41) is 0. The maximum absolute atomic E-state index is 8.41. The molecule has 204 valence electrons. The lowest BCUT2D eigenvalue weighted by Crippen LogP contribution is -2.53. The zero-order chi connectivity index (χ0) is 26.4. The second kappa shape index (κ2) is 22.6. The van der Waals surface area contributed by atoms with Gasteiger partial charge in [-0.2, -0.15) is 0 Å². The smallest absolute Gasteiger partial charge is 0.389 e. The normalized spacial score (nSPS) is 13.0. The van der Waals surface area contributed by atoms with Crippen LogP contribution in [0.25, 0.3) is 0 Å². The molecule has 0 aliphatic carbocycles. The monoisotopic (exact) mass is 537 g/mol. The molecule has 0 amide bonds. The fourth-order valence-corrected chi connectivity index (χ4v) is 7.41. The average molecular weight is 538 g/mol. The van der Waals surface area contributed by atoms with Crippen molar-refractivity contribution in [1.29, 1.82) is 0 Å². The molecular weight excluding hydrogens is 486 g/mol. The standard InChI is InChI=1S/C9H23NO3Si.C6H17NO3Si.C3H11NO3Si/c1-4-11-14(12-5-2,13-6-3)9-7-8-10;1-8-11(9-2,10-3)6-4-5-7;1-2-3(4)8(5,6)7/h4-10H2,1-3H3;4-7H2,1-3H3;3,5-7H,2,4H2,1H3. The molecule has 9 N–H and O–H groups in total. The Balaban J connectivity index is -0.000000426. The third kappa shape index (κ3) is 19.1. The highest BCUT2D eigenvalue weighted by atomic mass is 28.4. The van der Waals surface area contributed by atoms with Gasteiger partial charge in [-0.25, -0.2) is 0 Å². The van der Waals surface area contributed by atoms with E-state index in [1.807, 2.05) is 20.8 Å². The van der Waals surface area contributed by atoms with Crippen molar-refractivity contribution in [3.8, 4) is 0 Å². The minimum absolute atomic E-state index is 0.385. The molecule has 0 saturated carbocycles. The Morgan fingerprint density at radius 1 is 0.667 bits per heavy atom. The molecule has 0 aromatic rings. The van der Waals surface area contributed by atoms with Crippen molar-refractivity contribution >= 4 is 26.4 Å². The van der Waals surface area contributed by atoms with Crippen LogP contribution in [0.1, 0.15) is 47.0 Å². The molecule has 0 saturated heterocycles. The summed E-state index contributed by atoms with van der Waals surface area (Å²) < 4.78 is 32.5. The lowest BCUT2D eigenvalue weighted by molar-refractivity contribution is 0.0709. The average Bonchev–Trinajstić information content (AvgIpc) is 2.79. The summed E-state index contributed by atoms with van der Waals surface area (Å²) in [7, 11) is -3.88. The third-order valence-electron chi connectivity index (χ3n) is 4.34. The van der Waals surface area contributed by atoms with Crippen LogP contribution < -0.4 is 17.2 Å². The molecule has 0 aliphatic rings. The van der Waals surface area contributed by atoms with E-state index in [1.54, 1.807) is 28.3 Å². The van der Waals surface area contributed by atoms with Crippen LogP contribution in [-0.4, -0.2) is 101 Å². The zero-order valence-electron chi connectivity index (χ0n) is 21.7. The third-order valence-corrected chi connectivity index (χ3v) is 11.7. The van der Waals surface area contributed by atoms with Gasteiger partial charge < -0.3 is 58.1 Å². The topological polar surface area (TPSA) is 194 Å². The van der Waals surface area contributed by atoms with Crippen molar-refractivity contribution in [3.63, 3.8) is 0 Å². The van der Waals surface area contributed by atoms with Gasteiger partial charge in [0.05, 0.1) is 5.67 Å². The van der Waals surface area contributed by atoms with Gasteiger partial charge in [-0.1, -0.05) is 6.92 Å². The first-order valence-corrected chi connectivity index (χ1v) is 17.2. The first-order valence-electron chi connectivity index (χ1n) is 11.4. The summed E-state index contributed by atoms with van der Waals surface area (Å²) in [6.07, 6.45) is 2.16. The molecule has 12 nitrogen and oxygen atoms in total. The number of nitrogens with two attached hydrogens (primary N) is 3. The highest BCUT2D eigenvalue weighted by Gasteiger charge is 2.39. The largest absolute Gasteiger partial charge is 0.510 e. The molecule has 0 heterocycles. The van der Waals surface area contributed by atoms with Gasteiger partial charge in [-0.3, -0.25) is 0 Å². The zero-order valence-corrected chi connectivity index (χ0v) is 24.7. The van der Waals surface area contributed by atoms with Crippen LogP contribution in [0.5, 0.6) is 0 Å². The van der Waals surface area contributed by atoms with E-state index in [0.29, 0.717) is 39.3 Å².